The van der Waals surface area contributed by atoms with Gasteiger partial charge in [-0.15, -0.1) is 0 Å². The molecule has 6 heteroatoms. The van der Waals surface area contributed by atoms with Crippen molar-refractivity contribution in [3.63, 3.8) is 0 Å². The smallest absolute Gasteiger partial charge is 0.306 e. The average molecular weight is 812 g/mol. The van der Waals surface area contributed by atoms with Gasteiger partial charge in [-0.2, -0.15) is 0 Å². The molecule has 6 nitrogen and oxygen atoms in total. The van der Waals surface area contributed by atoms with Gasteiger partial charge in [0.15, 0.2) is 0 Å². The first-order valence-electron chi connectivity index (χ1n) is 24.6. The van der Waals surface area contributed by atoms with Crippen molar-refractivity contribution in [1.82, 2.24) is 5.32 Å². The third kappa shape index (κ3) is 40.3. The molecule has 0 radical (unpaired) electrons. The molecule has 0 aromatic heterocycles. The van der Waals surface area contributed by atoms with Gasteiger partial charge in [0, 0.05) is 6.42 Å². The first kappa shape index (κ1) is 55.6. The molecule has 0 heterocycles. The Labute approximate surface area is 358 Å². The Kier molecular flexibility index (Phi) is 43.7. The Balaban J connectivity index is 4.64. The van der Waals surface area contributed by atoms with Gasteiger partial charge in [-0.05, 0) is 44.9 Å². The second-order valence-corrected chi connectivity index (χ2v) is 16.6. The van der Waals surface area contributed by atoms with Crippen LogP contribution in [-0.4, -0.2) is 46.9 Å². The van der Waals surface area contributed by atoms with Crippen LogP contribution in [-0.2, 0) is 14.3 Å². The number of aliphatic hydroxyl groups is 2. The van der Waals surface area contributed by atoms with E-state index in [9.17, 15) is 19.8 Å². The zero-order valence-electron chi connectivity index (χ0n) is 38.2. The zero-order valence-corrected chi connectivity index (χ0v) is 38.2. The molecule has 336 valence electrons. The lowest BCUT2D eigenvalue weighted by Gasteiger charge is -2.24. The van der Waals surface area contributed by atoms with Crippen molar-refractivity contribution in [3.05, 3.63) is 60.8 Å². The Morgan fingerprint density at radius 1 is 0.500 bits per heavy atom. The van der Waals surface area contributed by atoms with Crippen LogP contribution in [0.3, 0.4) is 0 Å². The van der Waals surface area contributed by atoms with Gasteiger partial charge in [0.05, 0.1) is 25.2 Å². The maximum absolute atomic E-state index is 13.2. The summed E-state index contributed by atoms with van der Waals surface area (Å²) in [5, 5.41) is 23.7. The molecule has 0 aromatic carbocycles. The highest BCUT2D eigenvalue weighted by Crippen LogP contribution is 2.17. The molecule has 0 aliphatic carbocycles. The molecule has 3 unspecified atom stereocenters. The monoisotopic (exact) mass is 812 g/mol. The molecule has 0 aromatic rings. The van der Waals surface area contributed by atoms with Gasteiger partial charge in [-0.25, -0.2) is 0 Å². The summed E-state index contributed by atoms with van der Waals surface area (Å²) in [6, 6.07) is -0.715. The number of nitrogens with one attached hydrogen (secondary N) is 1. The molecule has 0 fully saturated rings. The minimum atomic E-state index is -0.799. The summed E-state index contributed by atoms with van der Waals surface area (Å²) in [4.78, 5) is 26.0. The number of hydrogen-bond acceptors (Lipinski definition) is 5. The second kappa shape index (κ2) is 45.6. The van der Waals surface area contributed by atoms with Gasteiger partial charge >= 0.3 is 5.97 Å². The van der Waals surface area contributed by atoms with Crippen LogP contribution < -0.4 is 5.32 Å². The van der Waals surface area contributed by atoms with Crippen LogP contribution in [0.4, 0.5) is 0 Å². The quantitative estimate of drug-likeness (QED) is 0.0324. The molecule has 1 amide bonds. The largest absolute Gasteiger partial charge is 0.462 e. The number of hydrogen-bond donors (Lipinski definition) is 3. The van der Waals surface area contributed by atoms with Crippen LogP contribution in [0.1, 0.15) is 233 Å². The van der Waals surface area contributed by atoms with E-state index < -0.39 is 18.2 Å². The first-order valence-corrected chi connectivity index (χ1v) is 24.6. The van der Waals surface area contributed by atoms with Crippen LogP contribution >= 0.6 is 0 Å². The second-order valence-electron chi connectivity index (χ2n) is 16.6. The van der Waals surface area contributed by atoms with E-state index in [-0.39, 0.29) is 24.9 Å². The summed E-state index contributed by atoms with van der Waals surface area (Å²) >= 11 is 0. The van der Waals surface area contributed by atoms with Crippen molar-refractivity contribution in [2.75, 3.05) is 6.61 Å². The fourth-order valence-corrected chi connectivity index (χ4v) is 7.22. The van der Waals surface area contributed by atoms with E-state index >= 15 is 0 Å². The predicted octanol–water partition coefficient (Wildman–Crippen LogP) is 14.5. The number of unbranched alkanes of at least 4 members (excludes halogenated alkanes) is 25. The highest BCUT2D eigenvalue weighted by Gasteiger charge is 2.24. The fourth-order valence-electron chi connectivity index (χ4n) is 7.22. The lowest BCUT2D eigenvalue weighted by molar-refractivity contribution is -0.151. The number of esters is 1. The fraction of sp³-hybridized carbons (Fsp3) is 0.769. The van der Waals surface area contributed by atoms with Gasteiger partial charge in [-0.3, -0.25) is 9.59 Å². The topological polar surface area (TPSA) is 95.9 Å². The van der Waals surface area contributed by atoms with E-state index in [1.54, 1.807) is 0 Å². The molecular formula is C52H93NO5. The van der Waals surface area contributed by atoms with E-state index in [1.165, 1.54) is 116 Å². The zero-order chi connectivity index (χ0) is 42.4. The van der Waals surface area contributed by atoms with Crippen molar-refractivity contribution in [3.8, 4) is 0 Å². The Morgan fingerprint density at radius 2 is 0.914 bits per heavy atom. The van der Waals surface area contributed by atoms with E-state index in [0.29, 0.717) is 19.3 Å². The molecule has 58 heavy (non-hydrogen) atoms. The lowest BCUT2D eigenvalue weighted by atomic mass is 10.0. The van der Waals surface area contributed by atoms with Crippen molar-refractivity contribution < 1.29 is 24.5 Å². The third-order valence-electron chi connectivity index (χ3n) is 11.0. The highest BCUT2D eigenvalue weighted by molar-refractivity contribution is 5.77. The van der Waals surface area contributed by atoms with E-state index in [1.807, 2.05) is 36.5 Å². The molecule has 0 rings (SSSR count). The molecule has 0 saturated heterocycles. The van der Waals surface area contributed by atoms with Gasteiger partial charge in [0.1, 0.15) is 6.10 Å². The molecule has 0 spiro atoms. The number of rotatable bonds is 43. The average Bonchev–Trinajstić information content (AvgIpc) is 3.22. The number of carbonyl (C=O) groups excluding carboxylic acids is 2. The van der Waals surface area contributed by atoms with Crippen LogP contribution in [0.5, 0.6) is 0 Å². The van der Waals surface area contributed by atoms with Crippen LogP contribution in [0, 0.1) is 0 Å². The number of amides is 1. The first-order chi connectivity index (χ1) is 28.5. The maximum Gasteiger partial charge on any atom is 0.306 e. The molecular weight excluding hydrogens is 719 g/mol. The van der Waals surface area contributed by atoms with Gasteiger partial charge in [0.25, 0.3) is 0 Å². The summed E-state index contributed by atoms with van der Waals surface area (Å²) in [5.74, 6) is -0.517. The summed E-state index contributed by atoms with van der Waals surface area (Å²) < 4.78 is 5.89. The Morgan fingerprint density at radius 3 is 1.40 bits per heavy atom. The van der Waals surface area contributed by atoms with Crippen molar-refractivity contribution in [2.24, 2.45) is 0 Å². The molecule has 0 aliphatic heterocycles. The van der Waals surface area contributed by atoms with Crippen LogP contribution in [0.2, 0.25) is 0 Å². The Hall–Kier alpha value is -2.44. The van der Waals surface area contributed by atoms with Gasteiger partial charge < -0.3 is 20.3 Å². The minimum Gasteiger partial charge on any atom is -0.462 e. The number of allylic oxidation sites excluding steroid dienone is 10. The van der Waals surface area contributed by atoms with E-state index in [2.05, 4.69) is 50.4 Å². The summed E-state index contributed by atoms with van der Waals surface area (Å²) in [6.07, 6.45) is 55.6. The standard InChI is InChI=1S/C52H93NO5/c1-4-7-10-13-16-19-21-23-25-26-27-29-32-34-37-40-43-48(58-52(57)45-42-39-36-31-18-15-12-9-6-3)46-51(56)53-49(47-54)50(55)44-41-38-35-33-30-28-24-22-20-17-14-11-8-5-2/h10,13,16,19,21,23,25-27,29,48-50,54-55H,4-9,11-12,14-15,17-18,20,22,24,28,30-47H2,1-3H3,(H,53,56)/b13-10+,19-16+,23-21+,26-25+,29-27+. The SMILES string of the molecule is CCC/C=C/C=C/C=C/C=C/C=C/CCCCCC(CC(=O)NC(CO)C(O)CCCCCCCCCCCCCCCC)OC(=O)CCCCCCCCCCC. The molecule has 0 saturated carbocycles. The third-order valence-corrected chi connectivity index (χ3v) is 11.0. The highest BCUT2D eigenvalue weighted by atomic mass is 16.5. The van der Waals surface area contributed by atoms with E-state index in [4.69, 9.17) is 4.74 Å². The van der Waals surface area contributed by atoms with Crippen LogP contribution in [0.15, 0.2) is 60.8 Å². The Bertz CT molecular complexity index is 1050. The molecule has 3 N–H and O–H groups in total. The molecule has 0 aliphatic rings. The normalized spacial score (nSPS) is 13.8. The summed E-state index contributed by atoms with van der Waals surface area (Å²) in [6.45, 7) is 6.36. The number of aliphatic hydroxyl groups excluding tert-OH is 2. The lowest BCUT2D eigenvalue weighted by Crippen LogP contribution is -2.46. The van der Waals surface area contributed by atoms with Gasteiger partial charge in [0.2, 0.25) is 5.91 Å². The number of ether oxygens (including phenoxy) is 1. The van der Waals surface area contributed by atoms with Gasteiger partial charge in [-0.1, -0.05) is 236 Å². The maximum atomic E-state index is 13.2. The summed E-state index contributed by atoms with van der Waals surface area (Å²) in [7, 11) is 0. The van der Waals surface area contributed by atoms with Crippen molar-refractivity contribution in [1.29, 1.82) is 0 Å². The minimum absolute atomic E-state index is 0.0496. The summed E-state index contributed by atoms with van der Waals surface area (Å²) in [5.41, 5.74) is 0. The van der Waals surface area contributed by atoms with Crippen LogP contribution in [0.25, 0.3) is 0 Å². The van der Waals surface area contributed by atoms with Crippen molar-refractivity contribution in [2.45, 2.75) is 251 Å². The number of carbonyl (C=O) groups is 2. The molecule has 3 atom stereocenters. The molecule has 0 bridgehead atoms. The van der Waals surface area contributed by atoms with E-state index in [0.717, 1.165) is 70.6 Å². The predicted molar refractivity (Wildman–Crippen MR) is 250 cm³/mol. The van der Waals surface area contributed by atoms with Crippen molar-refractivity contribution >= 4 is 11.9 Å².